The maximum absolute atomic E-state index is 6.08. The van der Waals surface area contributed by atoms with Crippen LogP contribution in [0.1, 0.15) is 45.6 Å². The SMILES string of the molecule is C/C(=C/CCc1ccccc1)CCC[Si](C)(C)OC(C)C. The van der Waals surface area contributed by atoms with E-state index in [9.17, 15) is 0 Å². The summed E-state index contributed by atoms with van der Waals surface area (Å²) in [6.07, 6.45) is 7.56. The van der Waals surface area contributed by atoms with Crippen LogP contribution in [0.15, 0.2) is 42.0 Å². The second-order valence-electron chi connectivity index (χ2n) is 6.85. The number of rotatable bonds is 9. The third-order valence-electron chi connectivity index (χ3n) is 3.67. The number of hydrogen-bond donors (Lipinski definition) is 0. The molecule has 0 heterocycles. The van der Waals surface area contributed by atoms with Gasteiger partial charge in [0.15, 0.2) is 8.32 Å². The van der Waals surface area contributed by atoms with Crippen LogP contribution in [0.2, 0.25) is 19.1 Å². The summed E-state index contributed by atoms with van der Waals surface area (Å²) >= 11 is 0. The van der Waals surface area contributed by atoms with Crippen LogP contribution in [0.5, 0.6) is 0 Å². The fraction of sp³-hybridized carbons (Fsp3) is 0.579. The van der Waals surface area contributed by atoms with Gasteiger partial charge < -0.3 is 4.43 Å². The molecular weight excluding hydrogens is 272 g/mol. The molecule has 0 aromatic heterocycles. The molecule has 0 saturated carbocycles. The fourth-order valence-electron chi connectivity index (χ4n) is 2.72. The van der Waals surface area contributed by atoms with Crippen LogP contribution in [-0.2, 0) is 10.8 Å². The second-order valence-corrected chi connectivity index (χ2v) is 11.1. The molecule has 118 valence electrons. The quantitative estimate of drug-likeness (QED) is 0.403. The highest BCUT2D eigenvalue weighted by Crippen LogP contribution is 2.19. The molecule has 1 aromatic carbocycles. The monoisotopic (exact) mass is 304 g/mol. The van der Waals surface area contributed by atoms with Crippen molar-refractivity contribution in [1.82, 2.24) is 0 Å². The van der Waals surface area contributed by atoms with Gasteiger partial charge in [0.1, 0.15) is 0 Å². The lowest BCUT2D eigenvalue weighted by molar-refractivity contribution is 0.231. The van der Waals surface area contributed by atoms with Crippen molar-refractivity contribution >= 4 is 8.32 Å². The van der Waals surface area contributed by atoms with Crippen molar-refractivity contribution in [2.75, 3.05) is 0 Å². The average Bonchev–Trinajstić information content (AvgIpc) is 2.38. The summed E-state index contributed by atoms with van der Waals surface area (Å²) in [5.74, 6) is 0. The summed E-state index contributed by atoms with van der Waals surface area (Å²) in [6.45, 7) is 11.2. The minimum absolute atomic E-state index is 0.370. The van der Waals surface area contributed by atoms with Crippen molar-refractivity contribution in [2.45, 2.75) is 71.7 Å². The molecule has 21 heavy (non-hydrogen) atoms. The Bertz CT molecular complexity index is 420. The van der Waals surface area contributed by atoms with Gasteiger partial charge in [0, 0.05) is 6.10 Å². The lowest BCUT2D eigenvalue weighted by atomic mass is 10.1. The summed E-state index contributed by atoms with van der Waals surface area (Å²) in [5.41, 5.74) is 2.96. The van der Waals surface area contributed by atoms with E-state index in [2.05, 4.69) is 70.3 Å². The van der Waals surface area contributed by atoms with Crippen LogP contribution >= 0.6 is 0 Å². The van der Waals surface area contributed by atoms with Gasteiger partial charge >= 0.3 is 0 Å². The van der Waals surface area contributed by atoms with Crippen molar-refractivity contribution < 1.29 is 4.43 Å². The Kier molecular flexibility index (Phi) is 7.98. The smallest absolute Gasteiger partial charge is 0.187 e. The molecule has 0 radical (unpaired) electrons. The lowest BCUT2D eigenvalue weighted by Crippen LogP contribution is -2.33. The summed E-state index contributed by atoms with van der Waals surface area (Å²) in [4.78, 5) is 0. The van der Waals surface area contributed by atoms with E-state index < -0.39 is 8.32 Å². The molecule has 0 spiro atoms. The summed E-state index contributed by atoms with van der Waals surface area (Å²) in [6, 6.07) is 12.0. The van der Waals surface area contributed by atoms with Crippen LogP contribution in [0, 0.1) is 0 Å². The number of allylic oxidation sites excluding steroid dienone is 2. The predicted molar refractivity (Wildman–Crippen MR) is 96.3 cm³/mol. The highest BCUT2D eigenvalue weighted by molar-refractivity contribution is 6.71. The molecule has 0 aliphatic heterocycles. The maximum atomic E-state index is 6.08. The van der Waals surface area contributed by atoms with Crippen LogP contribution in [0.3, 0.4) is 0 Å². The average molecular weight is 305 g/mol. The normalized spacial score (nSPS) is 13.0. The molecule has 0 amide bonds. The maximum Gasteiger partial charge on any atom is 0.187 e. The minimum atomic E-state index is -1.44. The van der Waals surface area contributed by atoms with Crippen molar-refractivity contribution in [3.63, 3.8) is 0 Å². The molecular formula is C19H32OSi. The lowest BCUT2D eigenvalue weighted by Gasteiger charge is -2.25. The number of aryl methyl sites for hydroxylation is 1. The number of benzene rings is 1. The van der Waals surface area contributed by atoms with Gasteiger partial charge in [-0.1, -0.05) is 42.0 Å². The summed E-state index contributed by atoms with van der Waals surface area (Å²) < 4.78 is 6.08. The van der Waals surface area contributed by atoms with E-state index in [1.165, 1.54) is 30.0 Å². The number of hydrogen-bond acceptors (Lipinski definition) is 1. The Hall–Kier alpha value is -0.863. The van der Waals surface area contributed by atoms with Gasteiger partial charge in [0.25, 0.3) is 0 Å². The summed E-state index contributed by atoms with van der Waals surface area (Å²) in [5, 5.41) is 0. The predicted octanol–water partition coefficient (Wildman–Crippen LogP) is 5.98. The van der Waals surface area contributed by atoms with Gasteiger partial charge in [0.2, 0.25) is 0 Å². The van der Waals surface area contributed by atoms with E-state index in [0.717, 1.165) is 12.8 Å². The zero-order valence-electron chi connectivity index (χ0n) is 14.5. The molecule has 0 N–H and O–H groups in total. The first kappa shape index (κ1) is 18.2. The van der Waals surface area contributed by atoms with Gasteiger partial charge in [-0.3, -0.25) is 0 Å². The Balaban J connectivity index is 2.24. The van der Waals surface area contributed by atoms with E-state index in [1.54, 1.807) is 0 Å². The molecule has 0 aliphatic carbocycles. The van der Waals surface area contributed by atoms with Gasteiger partial charge in [0.05, 0.1) is 0 Å². The molecule has 0 bridgehead atoms. The van der Waals surface area contributed by atoms with Crippen molar-refractivity contribution in [2.24, 2.45) is 0 Å². The van der Waals surface area contributed by atoms with Gasteiger partial charge in [-0.15, -0.1) is 0 Å². The van der Waals surface area contributed by atoms with E-state index in [-0.39, 0.29) is 0 Å². The Labute approximate surface area is 132 Å². The Morgan fingerprint density at radius 1 is 1.19 bits per heavy atom. The van der Waals surface area contributed by atoms with Gasteiger partial charge in [-0.25, -0.2) is 0 Å². The topological polar surface area (TPSA) is 9.23 Å². The molecule has 0 fully saturated rings. The Morgan fingerprint density at radius 2 is 1.86 bits per heavy atom. The molecule has 0 aliphatic rings. The van der Waals surface area contributed by atoms with Gasteiger partial charge in [-0.2, -0.15) is 0 Å². The molecule has 1 aromatic rings. The van der Waals surface area contributed by atoms with Crippen LogP contribution in [0.25, 0.3) is 0 Å². The van der Waals surface area contributed by atoms with Crippen molar-refractivity contribution in [3.8, 4) is 0 Å². The molecule has 1 nitrogen and oxygen atoms in total. The zero-order chi connectivity index (χ0) is 15.7. The highest BCUT2D eigenvalue weighted by atomic mass is 28.4. The van der Waals surface area contributed by atoms with Crippen molar-refractivity contribution in [3.05, 3.63) is 47.5 Å². The van der Waals surface area contributed by atoms with E-state index in [0.29, 0.717) is 6.10 Å². The first-order valence-corrected chi connectivity index (χ1v) is 11.4. The third-order valence-corrected chi connectivity index (χ3v) is 6.34. The first-order chi connectivity index (χ1) is 9.89. The largest absolute Gasteiger partial charge is 0.415 e. The first-order valence-electron chi connectivity index (χ1n) is 8.26. The fourth-order valence-corrected chi connectivity index (χ4v) is 5.14. The molecule has 1 rings (SSSR count). The van der Waals surface area contributed by atoms with Crippen LogP contribution < -0.4 is 0 Å². The standard InChI is InChI=1S/C19H32OSi/c1-17(2)20-21(4,5)16-10-12-18(3)11-9-15-19-13-7-6-8-14-19/h6-8,11,13-14,17H,9-10,12,15-16H2,1-5H3/b18-11-. The summed E-state index contributed by atoms with van der Waals surface area (Å²) in [7, 11) is -1.44. The minimum Gasteiger partial charge on any atom is -0.415 e. The molecule has 0 atom stereocenters. The van der Waals surface area contributed by atoms with Crippen LogP contribution in [-0.4, -0.2) is 14.4 Å². The highest BCUT2D eigenvalue weighted by Gasteiger charge is 2.22. The van der Waals surface area contributed by atoms with Crippen molar-refractivity contribution in [1.29, 1.82) is 0 Å². The van der Waals surface area contributed by atoms with Gasteiger partial charge in [-0.05, 0) is 71.2 Å². The molecule has 0 saturated heterocycles. The molecule has 2 heteroatoms. The van der Waals surface area contributed by atoms with Crippen LogP contribution in [0.4, 0.5) is 0 Å². The van der Waals surface area contributed by atoms with E-state index in [4.69, 9.17) is 4.43 Å². The Morgan fingerprint density at radius 3 is 2.48 bits per heavy atom. The van der Waals surface area contributed by atoms with E-state index >= 15 is 0 Å². The zero-order valence-corrected chi connectivity index (χ0v) is 15.5. The molecule has 0 unspecified atom stereocenters. The third kappa shape index (κ3) is 8.89. The second kappa shape index (κ2) is 9.21. The van der Waals surface area contributed by atoms with E-state index in [1.807, 2.05) is 0 Å².